The van der Waals surface area contributed by atoms with Crippen LogP contribution in [-0.2, 0) is 19.6 Å². The van der Waals surface area contributed by atoms with Crippen LogP contribution >= 0.6 is 0 Å². The molecule has 0 bridgehead atoms. The summed E-state index contributed by atoms with van der Waals surface area (Å²) in [6.45, 7) is 0.849. The first-order valence-electron chi connectivity index (χ1n) is 7.50. The summed E-state index contributed by atoms with van der Waals surface area (Å²) in [6.07, 6.45) is 3.36. The molecule has 2 aromatic carbocycles. The molecule has 21 heavy (non-hydrogen) atoms. The van der Waals surface area contributed by atoms with Gasteiger partial charge in [-0.3, -0.25) is 0 Å². The molecule has 3 heteroatoms. The number of aromatic hydroxyl groups is 1. The number of aliphatic hydroxyl groups is 1. The molecule has 1 aliphatic carbocycles. The third-order valence-corrected chi connectivity index (χ3v) is 4.17. The Kier molecular flexibility index (Phi) is 4.23. The molecule has 0 aromatic heterocycles. The molecule has 0 saturated carbocycles. The summed E-state index contributed by atoms with van der Waals surface area (Å²) >= 11 is 0. The van der Waals surface area contributed by atoms with Crippen LogP contribution in [-0.4, -0.2) is 10.2 Å². The quantitative estimate of drug-likeness (QED) is 0.808. The van der Waals surface area contributed by atoms with Gasteiger partial charge in [0.05, 0.1) is 6.61 Å². The van der Waals surface area contributed by atoms with Gasteiger partial charge in [-0.2, -0.15) is 0 Å². The lowest BCUT2D eigenvalue weighted by Crippen LogP contribution is -2.24. The highest BCUT2D eigenvalue weighted by Gasteiger charge is 2.20. The standard InChI is InChI=1S/C18H21NO2/c20-12-14-4-1-3-13(9-14)11-19-18-6-2-5-15-7-8-16(21)10-17(15)18/h1,3-4,7-10,18-21H,2,5-6,11-12H2. The third kappa shape index (κ3) is 3.26. The van der Waals surface area contributed by atoms with Crippen LogP contribution in [0, 0.1) is 0 Å². The van der Waals surface area contributed by atoms with E-state index < -0.39 is 0 Å². The highest BCUT2D eigenvalue weighted by molar-refractivity contribution is 5.38. The van der Waals surface area contributed by atoms with Crippen molar-refractivity contribution in [2.75, 3.05) is 0 Å². The van der Waals surface area contributed by atoms with Crippen molar-refractivity contribution in [2.24, 2.45) is 0 Å². The molecule has 110 valence electrons. The number of aliphatic hydroxyl groups excluding tert-OH is 1. The van der Waals surface area contributed by atoms with Crippen molar-refractivity contribution in [1.29, 1.82) is 0 Å². The second-order valence-electron chi connectivity index (χ2n) is 5.69. The number of benzene rings is 2. The molecule has 0 spiro atoms. The molecule has 1 atom stereocenters. The van der Waals surface area contributed by atoms with Crippen LogP contribution in [0.5, 0.6) is 5.75 Å². The zero-order valence-electron chi connectivity index (χ0n) is 12.0. The van der Waals surface area contributed by atoms with Gasteiger partial charge in [-0.15, -0.1) is 0 Å². The van der Waals surface area contributed by atoms with E-state index >= 15 is 0 Å². The molecular weight excluding hydrogens is 262 g/mol. The second kappa shape index (κ2) is 6.29. The Morgan fingerprint density at radius 1 is 1.10 bits per heavy atom. The third-order valence-electron chi connectivity index (χ3n) is 4.17. The molecule has 0 fully saturated rings. The Labute approximate surface area is 125 Å². The van der Waals surface area contributed by atoms with Gasteiger partial charge in [0.25, 0.3) is 0 Å². The lowest BCUT2D eigenvalue weighted by Gasteiger charge is -2.26. The van der Waals surface area contributed by atoms with Gasteiger partial charge in [0, 0.05) is 12.6 Å². The first-order chi connectivity index (χ1) is 10.3. The fourth-order valence-electron chi connectivity index (χ4n) is 3.08. The maximum atomic E-state index is 9.70. The van der Waals surface area contributed by atoms with Crippen LogP contribution in [0.1, 0.15) is 41.1 Å². The molecular formula is C18H21NO2. The number of hydrogen-bond donors (Lipinski definition) is 3. The highest BCUT2D eigenvalue weighted by atomic mass is 16.3. The largest absolute Gasteiger partial charge is 0.508 e. The Bertz CT molecular complexity index is 624. The predicted octanol–water partition coefficient (Wildman–Crippen LogP) is 3.05. The van der Waals surface area contributed by atoms with Crippen molar-refractivity contribution >= 4 is 0 Å². The van der Waals surface area contributed by atoms with Gasteiger partial charge in [-0.25, -0.2) is 0 Å². The summed E-state index contributed by atoms with van der Waals surface area (Å²) in [5.41, 5.74) is 4.67. The monoisotopic (exact) mass is 283 g/mol. The molecule has 2 aromatic rings. The zero-order chi connectivity index (χ0) is 14.7. The van der Waals surface area contributed by atoms with Gasteiger partial charge in [-0.1, -0.05) is 30.3 Å². The summed E-state index contributed by atoms with van der Waals surface area (Å²) in [5, 5.41) is 22.5. The normalized spacial score (nSPS) is 17.5. The SMILES string of the molecule is OCc1cccc(CNC2CCCc3ccc(O)cc32)c1. The topological polar surface area (TPSA) is 52.5 Å². The summed E-state index contributed by atoms with van der Waals surface area (Å²) in [7, 11) is 0. The van der Waals surface area contributed by atoms with E-state index in [0.29, 0.717) is 11.8 Å². The van der Waals surface area contributed by atoms with E-state index in [1.54, 1.807) is 6.07 Å². The summed E-state index contributed by atoms with van der Waals surface area (Å²) in [6, 6.07) is 14.0. The van der Waals surface area contributed by atoms with E-state index in [9.17, 15) is 10.2 Å². The summed E-state index contributed by atoms with van der Waals surface area (Å²) < 4.78 is 0. The van der Waals surface area contributed by atoms with Crippen LogP contribution in [0.15, 0.2) is 42.5 Å². The molecule has 1 unspecified atom stereocenters. The van der Waals surface area contributed by atoms with Crippen molar-refractivity contribution in [1.82, 2.24) is 5.32 Å². The van der Waals surface area contributed by atoms with Crippen LogP contribution in [0.2, 0.25) is 0 Å². The molecule has 0 radical (unpaired) electrons. The number of phenols is 1. The Morgan fingerprint density at radius 3 is 2.81 bits per heavy atom. The Balaban J connectivity index is 1.73. The van der Waals surface area contributed by atoms with Crippen molar-refractivity contribution in [3.8, 4) is 5.75 Å². The van der Waals surface area contributed by atoms with Gasteiger partial charge in [0.15, 0.2) is 0 Å². The van der Waals surface area contributed by atoms with Crippen LogP contribution in [0.4, 0.5) is 0 Å². The minimum atomic E-state index is 0.0774. The molecule has 0 aliphatic heterocycles. The van der Waals surface area contributed by atoms with Gasteiger partial charge < -0.3 is 15.5 Å². The number of nitrogens with one attached hydrogen (secondary N) is 1. The van der Waals surface area contributed by atoms with Gasteiger partial charge in [0.1, 0.15) is 5.75 Å². The van der Waals surface area contributed by atoms with Crippen molar-refractivity contribution in [3.05, 3.63) is 64.7 Å². The lowest BCUT2D eigenvalue weighted by molar-refractivity contribution is 0.281. The molecule has 3 rings (SSSR count). The van der Waals surface area contributed by atoms with Gasteiger partial charge in [-0.05, 0) is 53.6 Å². The number of fused-ring (bicyclic) bond motifs is 1. The van der Waals surface area contributed by atoms with Crippen LogP contribution < -0.4 is 5.32 Å². The maximum absolute atomic E-state index is 9.70. The first kappa shape index (κ1) is 14.1. The van der Waals surface area contributed by atoms with Crippen LogP contribution in [0.25, 0.3) is 0 Å². The summed E-state index contributed by atoms with van der Waals surface area (Å²) in [4.78, 5) is 0. The van der Waals surface area contributed by atoms with Crippen molar-refractivity contribution < 1.29 is 10.2 Å². The smallest absolute Gasteiger partial charge is 0.115 e. The van der Waals surface area contributed by atoms with E-state index in [-0.39, 0.29) is 6.61 Å². The Hall–Kier alpha value is -1.84. The van der Waals surface area contributed by atoms with E-state index in [1.165, 1.54) is 23.1 Å². The number of hydrogen-bond acceptors (Lipinski definition) is 3. The van der Waals surface area contributed by atoms with E-state index in [0.717, 1.165) is 24.9 Å². The maximum Gasteiger partial charge on any atom is 0.115 e. The van der Waals surface area contributed by atoms with Gasteiger partial charge >= 0.3 is 0 Å². The Morgan fingerprint density at radius 2 is 1.95 bits per heavy atom. The molecule has 0 saturated heterocycles. The number of rotatable bonds is 4. The molecule has 1 aliphatic rings. The van der Waals surface area contributed by atoms with Gasteiger partial charge in [0.2, 0.25) is 0 Å². The number of aryl methyl sites for hydroxylation is 1. The van der Waals surface area contributed by atoms with E-state index in [2.05, 4.69) is 11.4 Å². The first-order valence-corrected chi connectivity index (χ1v) is 7.50. The molecule has 3 N–H and O–H groups in total. The molecule has 0 heterocycles. The minimum absolute atomic E-state index is 0.0774. The molecule has 0 amide bonds. The van der Waals surface area contributed by atoms with Crippen LogP contribution in [0.3, 0.4) is 0 Å². The minimum Gasteiger partial charge on any atom is -0.508 e. The van der Waals surface area contributed by atoms with E-state index in [1.807, 2.05) is 30.3 Å². The highest BCUT2D eigenvalue weighted by Crippen LogP contribution is 2.32. The fraction of sp³-hybridized carbons (Fsp3) is 0.333. The van der Waals surface area contributed by atoms with Crippen molar-refractivity contribution in [3.63, 3.8) is 0 Å². The fourth-order valence-corrected chi connectivity index (χ4v) is 3.08. The van der Waals surface area contributed by atoms with Crippen molar-refractivity contribution in [2.45, 2.75) is 38.5 Å². The summed E-state index contributed by atoms with van der Waals surface area (Å²) in [5.74, 6) is 0.338. The zero-order valence-corrected chi connectivity index (χ0v) is 12.0. The average molecular weight is 283 g/mol. The molecule has 3 nitrogen and oxygen atoms in total. The van der Waals surface area contributed by atoms with E-state index in [4.69, 9.17) is 0 Å². The predicted molar refractivity (Wildman–Crippen MR) is 83.0 cm³/mol. The number of phenolic OH excluding ortho intramolecular Hbond substituents is 1. The average Bonchev–Trinajstić information content (AvgIpc) is 2.53. The second-order valence-corrected chi connectivity index (χ2v) is 5.69. The lowest BCUT2D eigenvalue weighted by atomic mass is 9.87.